The molecule has 0 aliphatic carbocycles. The highest BCUT2D eigenvalue weighted by Crippen LogP contribution is 2.35. The van der Waals surface area contributed by atoms with Crippen LogP contribution in [0.25, 0.3) is 10.9 Å². The predicted octanol–water partition coefficient (Wildman–Crippen LogP) is 6.09. The fourth-order valence-electron chi connectivity index (χ4n) is 3.46. The molecule has 0 amide bonds. The van der Waals surface area contributed by atoms with Crippen LogP contribution in [-0.2, 0) is 6.18 Å². The van der Waals surface area contributed by atoms with Crippen molar-refractivity contribution in [1.29, 1.82) is 0 Å². The molecule has 0 fully saturated rings. The van der Waals surface area contributed by atoms with Crippen molar-refractivity contribution in [2.24, 2.45) is 0 Å². The minimum Gasteiger partial charge on any atom is -0.373 e. The number of benzene rings is 2. The summed E-state index contributed by atoms with van der Waals surface area (Å²) in [5.41, 5.74) is 3.31. The number of hydrogen-bond acceptors (Lipinski definition) is 2. The van der Waals surface area contributed by atoms with Crippen LogP contribution < -0.4 is 5.32 Å². The van der Waals surface area contributed by atoms with Gasteiger partial charge in [0.15, 0.2) is 0 Å². The van der Waals surface area contributed by atoms with Crippen LogP contribution in [0, 0.1) is 6.92 Å². The third-order valence-corrected chi connectivity index (χ3v) is 4.72. The lowest BCUT2D eigenvalue weighted by molar-refractivity contribution is -0.137. The summed E-state index contributed by atoms with van der Waals surface area (Å²) in [4.78, 5) is 7.80. The fraction of sp³-hybridized carbons (Fsp3) is 0.136. The van der Waals surface area contributed by atoms with E-state index in [0.717, 1.165) is 40.0 Å². The van der Waals surface area contributed by atoms with E-state index in [1.54, 1.807) is 12.3 Å². The van der Waals surface area contributed by atoms with E-state index in [9.17, 15) is 13.2 Å². The molecule has 2 aromatic carbocycles. The van der Waals surface area contributed by atoms with Gasteiger partial charge < -0.3 is 10.3 Å². The van der Waals surface area contributed by atoms with Gasteiger partial charge in [-0.05, 0) is 43.3 Å². The fourth-order valence-corrected chi connectivity index (χ4v) is 3.46. The van der Waals surface area contributed by atoms with Crippen LogP contribution in [-0.4, -0.2) is 9.97 Å². The molecule has 3 nitrogen and oxygen atoms in total. The number of nitrogens with zero attached hydrogens (tertiary/aromatic N) is 1. The summed E-state index contributed by atoms with van der Waals surface area (Å²) in [7, 11) is 0. The molecule has 4 aromatic rings. The molecule has 2 heterocycles. The minimum absolute atomic E-state index is 0.384. The molecule has 0 aliphatic heterocycles. The smallest absolute Gasteiger partial charge is 0.373 e. The Labute approximate surface area is 160 Å². The quantitative estimate of drug-likeness (QED) is 0.449. The molecule has 0 spiro atoms. The number of aromatic amines is 1. The van der Waals surface area contributed by atoms with Crippen molar-refractivity contribution in [2.45, 2.75) is 19.1 Å². The van der Waals surface area contributed by atoms with Crippen LogP contribution in [0.4, 0.5) is 18.9 Å². The van der Waals surface area contributed by atoms with Crippen molar-refractivity contribution in [2.75, 3.05) is 5.32 Å². The highest BCUT2D eigenvalue weighted by molar-refractivity contribution is 5.86. The van der Waals surface area contributed by atoms with Crippen LogP contribution in [0.2, 0.25) is 0 Å². The molecule has 142 valence electrons. The van der Waals surface area contributed by atoms with Gasteiger partial charge in [0, 0.05) is 34.0 Å². The third kappa shape index (κ3) is 3.45. The Morgan fingerprint density at radius 2 is 1.75 bits per heavy atom. The van der Waals surface area contributed by atoms with E-state index >= 15 is 0 Å². The maximum Gasteiger partial charge on any atom is 0.416 e. The molecule has 0 saturated heterocycles. The lowest BCUT2D eigenvalue weighted by Crippen LogP contribution is -2.15. The van der Waals surface area contributed by atoms with E-state index < -0.39 is 17.8 Å². The number of nitrogens with one attached hydrogen (secondary N) is 2. The van der Waals surface area contributed by atoms with Gasteiger partial charge in [-0.15, -0.1) is 0 Å². The monoisotopic (exact) mass is 381 g/mol. The molecular formula is C22H18F3N3. The summed E-state index contributed by atoms with van der Waals surface area (Å²) in [5, 5.41) is 4.27. The van der Waals surface area contributed by atoms with E-state index in [2.05, 4.69) is 15.3 Å². The Morgan fingerprint density at radius 1 is 0.964 bits per heavy atom. The number of pyridine rings is 1. The summed E-state index contributed by atoms with van der Waals surface area (Å²) in [5.74, 6) is 0. The van der Waals surface area contributed by atoms with Crippen LogP contribution in [0.15, 0.2) is 72.9 Å². The highest BCUT2D eigenvalue weighted by Gasteiger charge is 2.31. The zero-order valence-electron chi connectivity index (χ0n) is 15.1. The van der Waals surface area contributed by atoms with Gasteiger partial charge in [0.25, 0.3) is 0 Å². The summed E-state index contributed by atoms with van der Waals surface area (Å²) >= 11 is 0. The van der Waals surface area contributed by atoms with Gasteiger partial charge in [0.05, 0.1) is 17.3 Å². The number of halogens is 3. The van der Waals surface area contributed by atoms with Crippen LogP contribution in [0.5, 0.6) is 0 Å². The normalized spacial score (nSPS) is 12.9. The highest BCUT2D eigenvalue weighted by atomic mass is 19.4. The van der Waals surface area contributed by atoms with Crippen LogP contribution in [0.1, 0.15) is 28.6 Å². The molecule has 0 radical (unpaired) electrons. The topological polar surface area (TPSA) is 40.7 Å². The molecule has 0 aliphatic rings. The molecule has 0 saturated carbocycles. The maximum absolute atomic E-state index is 13.1. The van der Waals surface area contributed by atoms with E-state index in [1.807, 2.05) is 49.4 Å². The van der Waals surface area contributed by atoms with Crippen molar-refractivity contribution >= 4 is 16.6 Å². The summed E-state index contributed by atoms with van der Waals surface area (Å²) in [6, 6.07) is 18.2. The average Bonchev–Trinajstić information content (AvgIpc) is 3.02. The van der Waals surface area contributed by atoms with Crippen molar-refractivity contribution in [3.05, 3.63) is 95.4 Å². The number of fused-ring (bicyclic) bond motifs is 1. The van der Waals surface area contributed by atoms with Crippen molar-refractivity contribution in [1.82, 2.24) is 9.97 Å². The van der Waals surface area contributed by atoms with Gasteiger partial charge in [0.1, 0.15) is 0 Å². The number of hydrogen-bond donors (Lipinski definition) is 2. The zero-order chi connectivity index (χ0) is 19.7. The van der Waals surface area contributed by atoms with Gasteiger partial charge in [-0.3, -0.25) is 4.98 Å². The van der Waals surface area contributed by atoms with Gasteiger partial charge in [-0.25, -0.2) is 0 Å². The van der Waals surface area contributed by atoms with Crippen molar-refractivity contribution < 1.29 is 13.2 Å². The standard InChI is InChI=1S/C22H18F3N3/c1-14-20(17-9-2-3-10-18(17)27-14)21(19-11-4-5-12-26-19)28-16-8-6-7-15(13-16)22(23,24)25/h2-13,21,27-28H,1H3/t21-/m1/s1. The number of aryl methyl sites for hydroxylation is 1. The van der Waals surface area contributed by atoms with Crippen molar-refractivity contribution in [3.8, 4) is 0 Å². The summed E-state index contributed by atoms with van der Waals surface area (Å²) < 4.78 is 39.4. The molecule has 4 rings (SSSR count). The van der Waals surface area contributed by atoms with E-state index in [1.165, 1.54) is 6.07 Å². The van der Waals surface area contributed by atoms with Gasteiger partial charge in [-0.2, -0.15) is 13.2 Å². The molecule has 2 aromatic heterocycles. The number of alkyl halides is 3. The predicted molar refractivity (Wildman–Crippen MR) is 104 cm³/mol. The molecule has 1 atom stereocenters. The molecular weight excluding hydrogens is 363 g/mol. The first-order chi connectivity index (χ1) is 13.4. The lowest BCUT2D eigenvalue weighted by Gasteiger charge is -2.21. The Hall–Kier alpha value is -3.28. The number of para-hydroxylation sites is 1. The lowest BCUT2D eigenvalue weighted by atomic mass is 9.99. The molecule has 2 N–H and O–H groups in total. The first-order valence-electron chi connectivity index (χ1n) is 8.85. The van der Waals surface area contributed by atoms with Crippen molar-refractivity contribution in [3.63, 3.8) is 0 Å². The van der Waals surface area contributed by atoms with Gasteiger partial charge in [-0.1, -0.05) is 30.3 Å². The largest absolute Gasteiger partial charge is 0.416 e. The van der Waals surface area contributed by atoms with Gasteiger partial charge in [0.2, 0.25) is 0 Å². The number of aromatic nitrogens is 2. The Kier molecular flexibility index (Phi) is 4.55. The molecule has 28 heavy (non-hydrogen) atoms. The summed E-state index contributed by atoms with van der Waals surface area (Å²) in [6.45, 7) is 1.96. The second kappa shape index (κ2) is 7.03. The zero-order valence-corrected chi connectivity index (χ0v) is 15.1. The minimum atomic E-state index is -4.39. The molecule has 0 bridgehead atoms. The Morgan fingerprint density at radius 3 is 2.50 bits per heavy atom. The first kappa shape index (κ1) is 18.1. The second-order valence-electron chi connectivity index (χ2n) is 6.62. The number of anilines is 1. The molecule has 6 heteroatoms. The second-order valence-corrected chi connectivity index (χ2v) is 6.62. The van der Waals surface area contributed by atoms with E-state index in [4.69, 9.17) is 0 Å². The Balaban J connectivity index is 1.83. The average molecular weight is 381 g/mol. The van der Waals surface area contributed by atoms with Crippen LogP contribution >= 0.6 is 0 Å². The third-order valence-electron chi connectivity index (χ3n) is 4.72. The van der Waals surface area contributed by atoms with E-state index in [0.29, 0.717) is 5.69 Å². The summed E-state index contributed by atoms with van der Waals surface area (Å²) in [6.07, 6.45) is -2.71. The number of rotatable bonds is 4. The van der Waals surface area contributed by atoms with Gasteiger partial charge >= 0.3 is 6.18 Å². The molecule has 0 unspecified atom stereocenters. The maximum atomic E-state index is 13.1. The number of H-pyrrole nitrogens is 1. The first-order valence-corrected chi connectivity index (χ1v) is 8.85. The SMILES string of the molecule is Cc1[nH]c2ccccc2c1[C@H](Nc1cccc(C(F)(F)F)c1)c1ccccn1. The van der Waals surface area contributed by atoms with E-state index in [-0.39, 0.29) is 0 Å². The Bertz CT molecular complexity index is 1100. The van der Waals surface area contributed by atoms with Crippen LogP contribution in [0.3, 0.4) is 0 Å².